The highest BCUT2D eigenvalue weighted by Crippen LogP contribution is 2.48. The van der Waals surface area contributed by atoms with Crippen LogP contribution in [0.2, 0.25) is 0 Å². The molecule has 0 radical (unpaired) electrons. The second-order valence-electron chi connectivity index (χ2n) is 21.3. The van der Waals surface area contributed by atoms with Gasteiger partial charge >= 0.3 is 6.18 Å². The van der Waals surface area contributed by atoms with E-state index in [1.54, 1.807) is 0 Å². The zero-order valence-electron chi connectivity index (χ0n) is 35.5. The Morgan fingerprint density at radius 2 is 0.481 bits per heavy atom. The number of hydrogen-bond donors (Lipinski definition) is 0. The molecule has 0 atom stereocenters. The maximum atomic E-state index is 15.2. The minimum Gasteiger partial charge on any atom is -0.166 e. The fraction of sp³-hybridized carbons (Fsp3) is 0.510. The predicted molar refractivity (Wildman–Crippen MR) is 220 cm³/mol. The summed E-state index contributed by atoms with van der Waals surface area (Å²) in [7, 11) is 0. The monoisotopic (exact) mass is 711 g/mol. The predicted octanol–water partition coefficient (Wildman–Crippen LogP) is 15.5. The van der Waals surface area contributed by atoms with Crippen molar-refractivity contribution in [1.29, 1.82) is 0 Å². The van der Waals surface area contributed by atoms with Crippen molar-refractivity contribution >= 4 is 0 Å². The van der Waals surface area contributed by atoms with Crippen LogP contribution < -0.4 is 0 Å². The molecule has 0 bridgehead atoms. The smallest absolute Gasteiger partial charge is 0.166 e. The Morgan fingerprint density at radius 1 is 0.269 bits per heavy atom. The lowest BCUT2D eigenvalue weighted by Gasteiger charge is -2.30. The van der Waals surface area contributed by atoms with Gasteiger partial charge in [0.2, 0.25) is 0 Å². The molecular formula is C49H65F3. The molecule has 0 saturated carbocycles. The Labute approximate surface area is 314 Å². The first-order chi connectivity index (χ1) is 23.2. The average molecular weight is 711 g/mol. The van der Waals surface area contributed by atoms with E-state index in [1.165, 1.54) is 12.1 Å². The number of hydrogen-bond acceptors (Lipinski definition) is 0. The van der Waals surface area contributed by atoms with E-state index in [2.05, 4.69) is 179 Å². The first kappa shape index (κ1) is 41.4. The number of rotatable bonds is 3. The molecule has 52 heavy (non-hydrogen) atoms. The maximum absolute atomic E-state index is 15.2. The summed E-state index contributed by atoms with van der Waals surface area (Å²) < 4.78 is 45.7. The molecule has 0 saturated heterocycles. The van der Waals surface area contributed by atoms with Crippen LogP contribution in [0.25, 0.3) is 33.4 Å². The van der Waals surface area contributed by atoms with Crippen LogP contribution in [0.3, 0.4) is 0 Å². The van der Waals surface area contributed by atoms with Gasteiger partial charge in [-0.05, 0) is 111 Å². The van der Waals surface area contributed by atoms with E-state index in [1.807, 2.05) is 0 Å². The molecule has 0 N–H and O–H groups in total. The molecule has 4 aromatic carbocycles. The minimum absolute atomic E-state index is 0.181. The molecule has 3 heteroatoms. The normalized spacial score (nSPS) is 13.9. The highest BCUT2D eigenvalue weighted by Gasteiger charge is 2.35. The summed E-state index contributed by atoms with van der Waals surface area (Å²) in [5.41, 5.74) is 9.45. The zero-order chi connectivity index (χ0) is 39.8. The lowest BCUT2D eigenvalue weighted by atomic mass is 9.75. The van der Waals surface area contributed by atoms with Crippen molar-refractivity contribution in [2.45, 2.75) is 163 Å². The van der Waals surface area contributed by atoms with Crippen LogP contribution in [0.1, 0.15) is 164 Å². The van der Waals surface area contributed by atoms with Crippen molar-refractivity contribution in [3.05, 3.63) is 106 Å². The van der Waals surface area contributed by atoms with Crippen molar-refractivity contribution in [3.8, 4) is 33.4 Å². The van der Waals surface area contributed by atoms with Crippen LogP contribution in [0.4, 0.5) is 13.2 Å². The highest BCUT2D eigenvalue weighted by atomic mass is 19.4. The van der Waals surface area contributed by atoms with Gasteiger partial charge in [0.25, 0.3) is 0 Å². The zero-order valence-corrected chi connectivity index (χ0v) is 35.5. The van der Waals surface area contributed by atoms with E-state index in [0.29, 0.717) is 11.1 Å². The third kappa shape index (κ3) is 9.23. The third-order valence-corrected chi connectivity index (χ3v) is 10.4. The highest BCUT2D eigenvalue weighted by molar-refractivity contribution is 5.96. The molecule has 0 aliphatic heterocycles. The Bertz CT molecular complexity index is 1750. The van der Waals surface area contributed by atoms with E-state index >= 15 is 13.2 Å². The summed E-state index contributed by atoms with van der Waals surface area (Å²) in [5, 5.41) is 0. The fourth-order valence-corrected chi connectivity index (χ4v) is 6.51. The van der Waals surface area contributed by atoms with E-state index in [9.17, 15) is 0 Å². The van der Waals surface area contributed by atoms with Crippen LogP contribution in [-0.4, -0.2) is 0 Å². The van der Waals surface area contributed by atoms with Crippen LogP contribution in [0, 0.1) is 0 Å². The largest absolute Gasteiger partial charge is 0.416 e. The lowest BCUT2D eigenvalue weighted by molar-refractivity contribution is -0.137. The summed E-state index contributed by atoms with van der Waals surface area (Å²) in [4.78, 5) is 0. The molecule has 0 fully saturated rings. The van der Waals surface area contributed by atoms with Gasteiger partial charge < -0.3 is 0 Å². The average Bonchev–Trinajstić information content (AvgIpc) is 2.96. The van der Waals surface area contributed by atoms with Gasteiger partial charge in [0, 0.05) is 0 Å². The molecule has 0 amide bonds. The Kier molecular flexibility index (Phi) is 10.5. The van der Waals surface area contributed by atoms with Crippen molar-refractivity contribution in [2.24, 2.45) is 0 Å². The van der Waals surface area contributed by atoms with Gasteiger partial charge in [-0.15, -0.1) is 0 Å². The van der Waals surface area contributed by atoms with E-state index < -0.39 is 11.7 Å². The van der Waals surface area contributed by atoms with Crippen molar-refractivity contribution in [1.82, 2.24) is 0 Å². The Hall–Kier alpha value is -3.33. The summed E-state index contributed by atoms with van der Waals surface area (Å²) in [6, 6.07) is 22.5. The summed E-state index contributed by atoms with van der Waals surface area (Å²) >= 11 is 0. The fourth-order valence-electron chi connectivity index (χ4n) is 6.51. The third-order valence-electron chi connectivity index (χ3n) is 10.4. The van der Waals surface area contributed by atoms with Gasteiger partial charge in [0.1, 0.15) is 0 Å². The van der Waals surface area contributed by atoms with E-state index in [-0.39, 0.29) is 32.5 Å². The van der Waals surface area contributed by atoms with Crippen molar-refractivity contribution in [3.63, 3.8) is 0 Å². The molecule has 4 aromatic rings. The molecule has 0 aromatic heterocycles. The van der Waals surface area contributed by atoms with Crippen LogP contribution in [0.15, 0.2) is 66.7 Å². The molecule has 0 aliphatic rings. The molecular weight excluding hydrogens is 646 g/mol. The molecule has 282 valence electrons. The quantitative estimate of drug-likeness (QED) is 0.199. The first-order valence-corrected chi connectivity index (χ1v) is 18.9. The number of alkyl halides is 3. The number of halogens is 3. The first-order valence-electron chi connectivity index (χ1n) is 18.9. The van der Waals surface area contributed by atoms with Gasteiger partial charge in [-0.3, -0.25) is 0 Å². The summed E-state index contributed by atoms with van der Waals surface area (Å²) in [5.74, 6) is 0. The van der Waals surface area contributed by atoms with E-state index in [0.717, 1.165) is 55.6 Å². The lowest BCUT2D eigenvalue weighted by Crippen LogP contribution is -2.18. The standard InChI is InChI=1S/C49H65F3/c1-43(2,3)33-19-30(20-34(25-33)44(4,5)6)40-28-39(49(50,51)52)29-41(31-21-35(45(7,8)9)26-36(22-31)46(10,11)12)42(40)32-23-37(47(13,14)15)27-38(24-32)48(16,17)18/h19-29H,1-18H3. The summed E-state index contributed by atoms with van der Waals surface area (Å²) in [6.45, 7) is 39.3. The van der Waals surface area contributed by atoms with E-state index in [4.69, 9.17) is 0 Å². The minimum atomic E-state index is -4.55. The second-order valence-corrected chi connectivity index (χ2v) is 21.3. The maximum Gasteiger partial charge on any atom is 0.416 e. The van der Waals surface area contributed by atoms with Crippen LogP contribution >= 0.6 is 0 Å². The molecule has 4 rings (SSSR count). The topological polar surface area (TPSA) is 0 Å². The van der Waals surface area contributed by atoms with Gasteiger partial charge in [0.05, 0.1) is 5.56 Å². The molecule has 0 nitrogen and oxygen atoms in total. The van der Waals surface area contributed by atoms with Crippen LogP contribution in [0.5, 0.6) is 0 Å². The molecule has 0 aliphatic carbocycles. The summed E-state index contributed by atoms with van der Waals surface area (Å²) in [6.07, 6.45) is -4.55. The second kappa shape index (κ2) is 13.2. The van der Waals surface area contributed by atoms with Crippen LogP contribution in [-0.2, 0) is 38.7 Å². The van der Waals surface area contributed by atoms with Gasteiger partial charge in [-0.25, -0.2) is 0 Å². The number of benzene rings is 4. The molecule has 0 spiro atoms. The van der Waals surface area contributed by atoms with Gasteiger partial charge in [0.15, 0.2) is 0 Å². The Balaban J connectivity index is 2.40. The SMILES string of the molecule is CC(C)(C)c1cc(-c2cc(C(F)(F)F)cc(-c3cc(C(C)(C)C)cc(C(C)(C)C)c3)c2-c2cc(C(C)(C)C)cc(C(C)(C)C)c2)cc(C(C)(C)C)c1. The van der Waals surface area contributed by atoms with Gasteiger partial charge in [-0.2, -0.15) is 13.2 Å². The Morgan fingerprint density at radius 3 is 0.673 bits per heavy atom. The van der Waals surface area contributed by atoms with Gasteiger partial charge in [-0.1, -0.05) is 179 Å². The van der Waals surface area contributed by atoms with Crippen molar-refractivity contribution < 1.29 is 13.2 Å². The molecule has 0 heterocycles. The molecule has 0 unspecified atom stereocenters. The van der Waals surface area contributed by atoms with Crippen molar-refractivity contribution in [2.75, 3.05) is 0 Å².